The summed E-state index contributed by atoms with van der Waals surface area (Å²) in [6.07, 6.45) is 2.33. The van der Waals surface area contributed by atoms with Gasteiger partial charge in [-0.15, -0.1) is 0 Å². The minimum atomic E-state index is -3.72. The van der Waals surface area contributed by atoms with Crippen molar-refractivity contribution in [1.29, 1.82) is 0 Å². The molecule has 0 spiro atoms. The number of aliphatic hydroxyl groups is 1. The molecule has 1 aliphatic carbocycles. The highest BCUT2D eigenvalue weighted by molar-refractivity contribution is 7.89. The molecule has 1 fully saturated rings. The first-order valence-corrected chi connectivity index (χ1v) is 14.5. The molecule has 1 atom stereocenters. The number of aromatic nitrogens is 1. The molecule has 0 unspecified atom stereocenters. The fraction of sp³-hybridized carbons (Fsp3) is 0.300. The van der Waals surface area contributed by atoms with Crippen molar-refractivity contribution in [3.8, 4) is 11.3 Å². The summed E-state index contributed by atoms with van der Waals surface area (Å²) in [5, 5.41) is 13.7. The van der Waals surface area contributed by atoms with Crippen molar-refractivity contribution >= 4 is 26.8 Å². The minimum absolute atomic E-state index is 0.0995. The second-order valence-electron chi connectivity index (χ2n) is 10.00. The van der Waals surface area contributed by atoms with Crippen molar-refractivity contribution < 1.29 is 18.3 Å². The van der Waals surface area contributed by atoms with Gasteiger partial charge in [-0.25, -0.2) is 13.1 Å². The van der Waals surface area contributed by atoms with E-state index in [1.165, 1.54) is 0 Å². The summed E-state index contributed by atoms with van der Waals surface area (Å²) in [6, 6.07) is 26.0. The Labute approximate surface area is 223 Å². The average molecular weight is 532 g/mol. The molecule has 1 aromatic heterocycles. The van der Waals surface area contributed by atoms with Crippen LogP contribution in [0.2, 0.25) is 0 Å². The number of aryl methyl sites for hydroxylation is 1. The van der Waals surface area contributed by atoms with Gasteiger partial charge in [-0.3, -0.25) is 4.79 Å². The highest BCUT2D eigenvalue weighted by Gasteiger charge is 2.30. The van der Waals surface area contributed by atoms with Crippen molar-refractivity contribution in [2.45, 2.75) is 42.7 Å². The molecule has 0 bridgehead atoms. The van der Waals surface area contributed by atoms with Gasteiger partial charge >= 0.3 is 0 Å². The van der Waals surface area contributed by atoms with E-state index < -0.39 is 16.1 Å². The van der Waals surface area contributed by atoms with Crippen LogP contribution in [0.25, 0.3) is 22.2 Å². The van der Waals surface area contributed by atoms with Gasteiger partial charge in [0.1, 0.15) is 0 Å². The molecule has 3 N–H and O–H groups in total. The van der Waals surface area contributed by atoms with Crippen molar-refractivity contribution in [3.63, 3.8) is 0 Å². The van der Waals surface area contributed by atoms with Crippen molar-refractivity contribution in [1.82, 2.24) is 14.6 Å². The summed E-state index contributed by atoms with van der Waals surface area (Å²) < 4.78 is 31.4. The van der Waals surface area contributed by atoms with E-state index in [1.807, 2.05) is 78.3 Å². The third-order valence-corrected chi connectivity index (χ3v) is 9.04. The smallest absolute Gasteiger partial charge is 0.240 e. The maximum atomic E-state index is 13.3. The summed E-state index contributed by atoms with van der Waals surface area (Å²) >= 11 is 0. The summed E-state index contributed by atoms with van der Waals surface area (Å²) in [7, 11) is -1.77. The quantitative estimate of drug-likeness (QED) is 0.311. The Kier molecular flexibility index (Phi) is 7.65. The Hall–Kier alpha value is -3.46. The monoisotopic (exact) mass is 531 g/mol. The molecule has 198 valence electrons. The molecule has 0 radical (unpaired) electrons. The highest BCUT2D eigenvalue weighted by atomic mass is 32.2. The van der Waals surface area contributed by atoms with Crippen LogP contribution < -0.4 is 10.0 Å². The van der Waals surface area contributed by atoms with Crippen LogP contribution in [0.5, 0.6) is 0 Å². The number of amides is 1. The lowest BCUT2D eigenvalue weighted by molar-refractivity contribution is -0.127. The molecule has 0 aliphatic heterocycles. The molecule has 38 heavy (non-hydrogen) atoms. The molecule has 4 aromatic rings. The lowest BCUT2D eigenvalue weighted by atomic mass is 9.85. The molecule has 8 heteroatoms. The van der Waals surface area contributed by atoms with Crippen LogP contribution in [0.15, 0.2) is 89.8 Å². The Morgan fingerprint density at radius 3 is 2.26 bits per heavy atom. The lowest BCUT2D eigenvalue weighted by Crippen LogP contribution is -2.42. The van der Waals surface area contributed by atoms with Gasteiger partial charge in [0, 0.05) is 35.6 Å². The van der Waals surface area contributed by atoms with E-state index >= 15 is 0 Å². The Bertz CT molecular complexity index is 1510. The van der Waals surface area contributed by atoms with E-state index in [0.29, 0.717) is 25.7 Å². The van der Waals surface area contributed by atoms with Crippen LogP contribution in [0.3, 0.4) is 0 Å². The molecule has 0 saturated heterocycles. The topological polar surface area (TPSA) is 100 Å². The molecule has 1 heterocycles. The number of carbonyl (C=O) groups excluding carboxylic acids is 1. The number of aliphatic hydroxyl groups excluding tert-OH is 1. The molecule has 7 nitrogen and oxygen atoms in total. The van der Waals surface area contributed by atoms with E-state index in [1.54, 1.807) is 12.1 Å². The molecule has 1 aliphatic rings. The number of carbonyl (C=O) groups is 1. The third-order valence-electron chi connectivity index (χ3n) is 7.52. The number of fused-ring (bicyclic) bond motifs is 1. The first-order valence-electron chi connectivity index (χ1n) is 13.0. The van der Waals surface area contributed by atoms with Crippen LogP contribution >= 0.6 is 0 Å². The number of rotatable bonds is 8. The van der Waals surface area contributed by atoms with Crippen LogP contribution in [0, 0.1) is 5.92 Å². The number of hydrogen-bond acceptors (Lipinski definition) is 4. The lowest BCUT2D eigenvalue weighted by Gasteiger charge is -2.29. The summed E-state index contributed by atoms with van der Waals surface area (Å²) in [4.78, 5) is 13.1. The van der Waals surface area contributed by atoms with Gasteiger partial charge in [0.25, 0.3) is 0 Å². The molecule has 5 rings (SSSR count). The number of nitrogens with zero attached hydrogens (tertiary/aromatic N) is 1. The predicted molar refractivity (Wildman–Crippen MR) is 149 cm³/mol. The van der Waals surface area contributed by atoms with Crippen molar-refractivity contribution in [2.24, 2.45) is 13.0 Å². The normalized spacial score (nSPS) is 18.8. The van der Waals surface area contributed by atoms with Crippen LogP contribution in [0.1, 0.15) is 37.3 Å². The summed E-state index contributed by atoms with van der Waals surface area (Å²) in [5.41, 5.74) is 3.80. The fourth-order valence-corrected chi connectivity index (χ4v) is 6.66. The second-order valence-corrected chi connectivity index (χ2v) is 11.7. The Morgan fingerprint density at radius 2 is 1.61 bits per heavy atom. The maximum absolute atomic E-state index is 13.3. The van der Waals surface area contributed by atoms with Crippen molar-refractivity contribution in [2.75, 3.05) is 6.61 Å². The predicted octanol–water partition coefficient (Wildman–Crippen LogP) is 4.53. The van der Waals surface area contributed by atoms with Crippen LogP contribution in [-0.4, -0.2) is 36.6 Å². The summed E-state index contributed by atoms with van der Waals surface area (Å²) in [5.74, 6) is -0.303. The van der Waals surface area contributed by atoms with Gasteiger partial charge in [-0.1, -0.05) is 66.7 Å². The third kappa shape index (κ3) is 5.53. The van der Waals surface area contributed by atoms with Crippen LogP contribution in [0.4, 0.5) is 0 Å². The average Bonchev–Trinajstić information content (AvgIpc) is 3.28. The Balaban J connectivity index is 1.23. The van der Waals surface area contributed by atoms with Gasteiger partial charge in [-0.2, -0.15) is 0 Å². The first-order chi connectivity index (χ1) is 18.4. The van der Waals surface area contributed by atoms with E-state index in [9.17, 15) is 18.3 Å². The first kappa shape index (κ1) is 26.2. The standard InChI is InChI=1S/C30H33N3O4S/c1-33-28(22-10-6-3-7-11-22)18-24-14-17-26(19-29(24)33)38(36,37)32-25-15-12-23(13-16-25)30(35)31-27(20-34)21-8-4-2-5-9-21/h2-11,14,17-19,23,25,27,32,34H,12-13,15-16,20H2,1H3,(H,31,35)/t23-,25-,27-/m1/s1. The van der Waals surface area contributed by atoms with E-state index in [0.717, 1.165) is 27.7 Å². The van der Waals surface area contributed by atoms with Crippen LogP contribution in [-0.2, 0) is 21.9 Å². The maximum Gasteiger partial charge on any atom is 0.240 e. The van der Waals surface area contributed by atoms with E-state index in [4.69, 9.17) is 0 Å². The zero-order valence-corrected chi connectivity index (χ0v) is 22.2. The summed E-state index contributed by atoms with van der Waals surface area (Å²) in [6.45, 7) is -0.177. The zero-order valence-electron chi connectivity index (χ0n) is 21.4. The van der Waals surface area contributed by atoms with Crippen molar-refractivity contribution in [3.05, 3.63) is 90.5 Å². The second kappa shape index (κ2) is 11.1. The van der Waals surface area contributed by atoms with Gasteiger partial charge in [-0.05, 0) is 55.0 Å². The number of nitrogens with one attached hydrogen (secondary N) is 2. The zero-order chi connectivity index (χ0) is 26.7. The number of hydrogen-bond donors (Lipinski definition) is 3. The molecular formula is C30H33N3O4S. The molecule has 3 aromatic carbocycles. The highest BCUT2D eigenvalue weighted by Crippen LogP contribution is 2.30. The fourth-order valence-electron chi connectivity index (χ4n) is 5.33. The van der Waals surface area contributed by atoms with Gasteiger partial charge in [0.05, 0.1) is 17.5 Å². The molecule has 1 saturated carbocycles. The van der Waals surface area contributed by atoms with E-state index in [2.05, 4.69) is 16.1 Å². The SMILES string of the molecule is Cn1c(-c2ccccc2)cc2ccc(S(=O)(=O)N[C@H]3CC[C@H](C(=O)N[C@H](CO)c4ccccc4)CC3)cc21. The largest absolute Gasteiger partial charge is 0.394 e. The molecular weight excluding hydrogens is 498 g/mol. The van der Waals surface area contributed by atoms with E-state index in [-0.39, 0.29) is 29.4 Å². The van der Waals surface area contributed by atoms with Gasteiger partial charge in [0.2, 0.25) is 15.9 Å². The molecule has 1 amide bonds. The van der Waals surface area contributed by atoms with Gasteiger partial charge < -0.3 is 15.0 Å². The minimum Gasteiger partial charge on any atom is -0.394 e. The number of sulfonamides is 1. The Morgan fingerprint density at radius 1 is 0.947 bits per heavy atom. The number of benzene rings is 3. The van der Waals surface area contributed by atoms with Gasteiger partial charge in [0.15, 0.2) is 0 Å².